The molecule has 0 saturated carbocycles. The van der Waals surface area contributed by atoms with Crippen LogP contribution in [0, 0.1) is 0 Å². The van der Waals surface area contributed by atoms with Crippen molar-refractivity contribution in [2.75, 3.05) is 0 Å². The number of para-hydroxylation sites is 1. The quantitative estimate of drug-likeness (QED) is 0.903. The van der Waals surface area contributed by atoms with Gasteiger partial charge in [0.2, 0.25) is 0 Å². The Morgan fingerprint density at radius 2 is 1.88 bits per heavy atom. The summed E-state index contributed by atoms with van der Waals surface area (Å²) in [6, 6.07) is 10.1. The van der Waals surface area contributed by atoms with Gasteiger partial charge < -0.3 is 5.73 Å². The highest BCUT2D eigenvalue weighted by Gasteiger charge is 2.35. The lowest BCUT2D eigenvalue weighted by Gasteiger charge is -2.20. The van der Waals surface area contributed by atoms with E-state index in [9.17, 15) is 13.2 Å². The summed E-state index contributed by atoms with van der Waals surface area (Å²) >= 11 is 0. The van der Waals surface area contributed by atoms with E-state index >= 15 is 0 Å². The van der Waals surface area contributed by atoms with Crippen molar-refractivity contribution in [2.45, 2.75) is 50.5 Å². The van der Waals surface area contributed by atoms with E-state index in [-0.39, 0.29) is 12.2 Å². The molecule has 1 fully saturated rings. The van der Waals surface area contributed by atoms with Gasteiger partial charge in [-0.3, -0.25) is 5.32 Å². The van der Waals surface area contributed by atoms with Crippen molar-refractivity contribution in [1.82, 2.24) is 15.1 Å². The first-order chi connectivity index (χ1) is 11.4. The Morgan fingerprint density at radius 1 is 1.17 bits per heavy atom. The van der Waals surface area contributed by atoms with Crippen LogP contribution in [-0.2, 0) is 12.6 Å². The minimum Gasteiger partial charge on any atom is -0.316 e. The van der Waals surface area contributed by atoms with Gasteiger partial charge >= 0.3 is 6.18 Å². The second-order valence-corrected chi connectivity index (χ2v) is 6.22. The molecule has 2 aromatic rings. The molecule has 0 bridgehead atoms. The first-order valence-electron chi connectivity index (χ1n) is 8.16. The zero-order valence-electron chi connectivity index (χ0n) is 13.3. The molecular weight excluding hydrogens is 317 g/mol. The maximum Gasteiger partial charge on any atom is 0.435 e. The van der Waals surface area contributed by atoms with E-state index in [2.05, 4.69) is 10.4 Å². The number of nitrogens with two attached hydrogens (primary N) is 1. The predicted molar refractivity (Wildman–Crippen MR) is 85.6 cm³/mol. The Kier molecular flexibility index (Phi) is 4.91. The third-order valence-electron chi connectivity index (χ3n) is 4.30. The van der Waals surface area contributed by atoms with Crippen molar-refractivity contribution in [2.24, 2.45) is 5.73 Å². The van der Waals surface area contributed by atoms with Crippen molar-refractivity contribution >= 4 is 0 Å². The zero-order valence-corrected chi connectivity index (χ0v) is 13.3. The minimum absolute atomic E-state index is 0.0581. The fourth-order valence-electron chi connectivity index (χ4n) is 3.13. The van der Waals surface area contributed by atoms with Gasteiger partial charge in [0.05, 0.1) is 11.9 Å². The molecule has 130 valence electrons. The van der Waals surface area contributed by atoms with E-state index in [1.807, 2.05) is 6.07 Å². The molecule has 2 unspecified atom stereocenters. The maximum absolute atomic E-state index is 13.1. The number of halogens is 3. The molecule has 1 saturated heterocycles. The molecule has 3 N–H and O–H groups in total. The van der Waals surface area contributed by atoms with E-state index < -0.39 is 11.9 Å². The highest BCUT2D eigenvalue weighted by Crippen LogP contribution is 2.30. The van der Waals surface area contributed by atoms with Crippen LogP contribution in [0.3, 0.4) is 0 Å². The summed E-state index contributed by atoms with van der Waals surface area (Å²) in [5, 5.41) is 7.10. The monoisotopic (exact) mass is 338 g/mol. The average molecular weight is 338 g/mol. The van der Waals surface area contributed by atoms with Crippen LogP contribution in [0.1, 0.15) is 37.1 Å². The third kappa shape index (κ3) is 3.96. The lowest BCUT2D eigenvalue weighted by molar-refractivity contribution is -0.141. The molecule has 1 aromatic carbocycles. The van der Waals surface area contributed by atoms with E-state index in [1.165, 1.54) is 4.68 Å². The first-order valence-corrected chi connectivity index (χ1v) is 8.16. The lowest BCUT2D eigenvalue weighted by Crippen LogP contribution is -2.43. The van der Waals surface area contributed by atoms with Gasteiger partial charge in [-0.25, -0.2) is 4.68 Å². The van der Waals surface area contributed by atoms with Crippen LogP contribution < -0.4 is 11.1 Å². The number of hydrogen-bond donors (Lipinski definition) is 2. The van der Waals surface area contributed by atoms with Crippen LogP contribution in [0.2, 0.25) is 0 Å². The summed E-state index contributed by atoms with van der Waals surface area (Å²) in [5.74, 6) is 0. The first kappa shape index (κ1) is 17.0. The second kappa shape index (κ2) is 6.94. The number of benzene rings is 1. The molecule has 1 aliphatic rings. The third-order valence-corrected chi connectivity index (χ3v) is 4.30. The summed E-state index contributed by atoms with van der Waals surface area (Å²) in [5.41, 5.74) is 6.29. The predicted octanol–water partition coefficient (Wildman–Crippen LogP) is 3.25. The van der Waals surface area contributed by atoms with E-state index in [0.29, 0.717) is 17.8 Å². The fraction of sp³-hybridized carbons (Fsp3) is 0.471. The van der Waals surface area contributed by atoms with Crippen LogP contribution in [0.5, 0.6) is 0 Å². The maximum atomic E-state index is 13.1. The second-order valence-electron chi connectivity index (χ2n) is 6.22. The van der Waals surface area contributed by atoms with E-state index in [4.69, 9.17) is 5.73 Å². The van der Waals surface area contributed by atoms with Crippen LogP contribution in [0.4, 0.5) is 13.2 Å². The van der Waals surface area contributed by atoms with Gasteiger partial charge in [0, 0.05) is 18.2 Å². The molecule has 2 atom stereocenters. The van der Waals surface area contributed by atoms with Gasteiger partial charge in [-0.2, -0.15) is 18.3 Å². The van der Waals surface area contributed by atoms with Crippen LogP contribution in [-0.4, -0.2) is 22.0 Å². The molecule has 4 nitrogen and oxygen atoms in total. The average Bonchev–Trinajstić information content (AvgIpc) is 2.85. The Bertz CT molecular complexity index is 666. The summed E-state index contributed by atoms with van der Waals surface area (Å²) in [6.07, 6.45) is -0.244. The highest BCUT2D eigenvalue weighted by molar-refractivity contribution is 5.34. The van der Waals surface area contributed by atoms with Crippen molar-refractivity contribution in [3.8, 4) is 5.69 Å². The standard InChI is InChI=1S/C17H21F3N4/c18-17(19,20)15-11-14(10-12-6-4-5-9-16(21)22-12)24(23-15)13-7-2-1-3-8-13/h1-3,7-8,11-12,16,22H,4-6,9-10,21H2. The smallest absolute Gasteiger partial charge is 0.316 e. The number of rotatable bonds is 3. The van der Waals surface area contributed by atoms with Crippen molar-refractivity contribution < 1.29 is 13.2 Å². The SMILES string of the molecule is NC1CCCCC(Cc2cc(C(F)(F)F)nn2-c2ccccc2)N1. The highest BCUT2D eigenvalue weighted by atomic mass is 19.4. The van der Waals surface area contributed by atoms with Crippen molar-refractivity contribution in [1.29, 1.82) is 0 Å². The molecule has 0 amide bonds. The molecule has 0 aliphatic carbocycles. The Morgan fingerprint density at radius 3 is 2.58 bits per heavy atom. The molecule has 0 radical (unpaired) electrons. The van der Waals surface area contributed by atoms with Gasteiger partial charge in [0.25, 0.3) is 0 Å². The number of nitrogens with one attached hydrogen (secondary N) is 1. The van der Waals surface area contributed by atoms with E-state index in [0.717, 1.165) is 31.7 Å². The molecule has 1 aromatic heterocycles. The largest absolute Gasteiger partial charge is 0.435 e. The van der Waals surface area contributed by atoms with Crippen LogP contribution in [0.25, 0.3) is 5.69 Å². The van der Waals surface area contributed by atoms with E-state index in [1.54, 1.807) is 24.3 Å². The molecule has 0 spiro atoms. The van der Waals surface area contributed by atoms with Gasteiger partial charge in [-0.15, -0.1) is 0 Å². The van der Waals surface area contributed by atoms with Crippen LogP contribution >= 0.6 is 0 Å². The molecule has 2 heterocycles. The van der Waals surface area contributed by atoms with Gasteiger partial charge in [0.1, 0.15) is 0 Å². The zero-order chi connectivity index (χ0) is 17.2. The summed E-state index contributed by atoms with van der Waals surface area (Å²) < 4.78 is 40.7. The topological polar surface area (TPSA) is 55.9 Å². The number of aromatic nitrogens is 2. The Labute approximate surface area is 138 Å². The van der Waals surface area contributed by atoms with Gasteiger partial charge in [-0.05, 0) is 31.0 Å². The van der Waals surface area contributed by atoms with Crippen molar-refractivity contribution in [3.63, 3.8) is 0 Å². The fourth-order valence-corrected chi connectivity index (χ4v) is 3.13. The number of nitrogens with zero attached hydrogens (tertiary/aromatic N) is 2. The molecule has 7 heteroatoms. The Balaban J connectivity index is 1.92. The normalized spacial score (nSPS) is 22.3. The summed E-state index contributed by atoms with van der Waals surface area (Å²) in [4.78, 5) is 0. The lowest BCUT2D eigenvalue weighted by atomic mass is 10.1. The number of alkyl halides is 3. The van der Waals surface area contributed by atoms with Crippen molar-refractivity contribution in [3.05, 3.63) is 47.8 Å². The number of hydrogen-bond acceptors (Lipinski definition) is 3. The summed E-state index contributed by atoms with van der Waals surface area (Å²) in [7, 11) is 0. The molecule has 1 aliphatic heterocycles. The summed E-state index contributed by atoms with van der Waals surface area (Å²) in [6.45, 7) is 0. The van der Waals surface area contributed by atoms with Crippen LogP contribution in [0.15, 0.2) is 36.4 Å². The van der Waals surface area contributed by atoms with Gasteiger partial charge in [0.15, 0.2) is 5.69 Å². The Hall–Kier alpha value is -1.86. The van der Waals surface area contributed by atoms with Gasteiger partial charge in [-0.1, -0.05) is 31.0 Å². The molecule has 24 heavy (non-hydrogen) atoms. The molecule has 3 rings (SSSR count). The minimum atomic E-state index is -4.46. The molecular formula is C17H21F3N4.